The molecule has 0 aliphatic heterocycles. The minimum absolute atomic E-state index is 0.0568. The molecule has 9 heteroatoms. The number of hydroxylamine groups is 1. The average Bonchev–Trinajstić information content (AvgIpc) is 2.77. The number of amides is 2. The van der Waals surface area contributed by atoms with Gasteiger partial charge in [0, 0.05) is 36.1 Å². The molecular formula is C20H16FN5O3. The van der Waals surface area contributed by atoms with E-state index in [9.17, 15) is 14.0 Å². The van der Waals surface area contributed by atoms with Gasteiger partial charge in [0.05, 0.1) is 6.21 Å². The van der Waals surface area contributed by atoms with Crippen LogP contribution < -0.4 is 5.48 Å². The first-order chi connectivity index (χ1) is 14.0. The van der Waals surface area contributed by atoms with Crippen molar-refractivity contribution in [3.63, 3.8) is 0 Å². The number of hydrazone groups is 1. The van der Waals surface area contributed by atoms with E-state index in [0.717, 1.165) is 22.9 Å². The molecule has 0 spiro atoms. The van der Waals surface area contributed by atoms with E-state index in [0.29, 0.717) is 5.69 Å². The maximum atomic E-state index is 14.1. The normalized spacial score (nSPS) is 10.7. The Labute approximate surface area is 165 Å². The Morgan fingerprint density at radius 2 is 1.86 bits per heavy atom. The Balaban J connectivity index is 1.83. The summed E-state index contributed by atoms with van der Waals surface area (Å²) in [5, 5.41) is 13.6. The molecule has 8 nitrogen and oxygen atoms in total. The van der Waals surface area contributed by atoms with E-state index in [2.05, 4.69) is 15.1 Å². The number of nitrogens with zero attached hydrogens (tertiary/aromatic N) is 4. The van der Waals surface area contributed by atoms with E-state index in [1.165, 1.54) is 37.1 Å². The molecule has 0 aliphatic carbocycles. The number of aromatic nitrogens is 2. The van der Waals surface area contributed by atoms with Gasteiger partial charge in [0.1, 0.15) is 11.5 Å². The summed E-state index contributed by atoms with van der Waals surface area (Å²) in [6.45, 7) is 0. The molecule has 0 saturated carbocycles. The Hall–Kier alpha value is -3.98. The zero-order valence-corrected chi connectivity index (χ0v) is 15.3. The largest absolute Gasteiger partial charge is 0.294 e. The number of carbonyl (C=O) groups excluding carboxylic acids is 2. The SMILES string of the molecule is CN(/N=C/c1ccc(C(=O)NO)cc1F)C(=O)c1nccnc1-c1ccccc1. The molecule has 2 N–H and O–H groups in total. The third kappa shape index (κ3) is 4.47. The lowest BCUT2D eigenvalue weighted by Crippen LogP contribution is -2.23. The van der Waals surface area contributed by atoms with E-state index in [4.69, 9.17) is 5.21 Å². The van der Waals surface area contributed by atoms with Crippen molar-refractivity contribution >= 4 is 18.0 Å². The number of hydrogen-bond acceptors (Lipinski definition) is 6. The zero-order valence-electron chi connectivity index (χ0n) is 15.3. The first-order valence-electron chi connectivity index (χ1n) is 8.43. The lowest BCUT2D eigenvalue weighted by molar-refractivity contribution is 0.0705. The number of benzene rings is 2. The van der Waals surface area contributed by atoms with Crippen LogP contribution >= 0.6 is 0 Å². The monoisotopic (exact) mass is 393 g/mol. The summed E-state index contributed by atoms with van der Waals surface area (Å²) >= 11 is 0. The number of rotatable bonds is 5. The molecule has 0 fully saturated rings. The maximum Gasteiger partial charge on any atom is 0.294 e. The van der Waals surface area contributed by atoms with Gasteiger partial charge >= 0.3 is 0 Å². The van der Waals surface area contributed by atoms with Crippen molar-refractivity contribution in [2.45, 2.75) is 0 Å². The van der Waals surface area contributed by atoms with Crippen LogP contribution in [0.25, 0.3) is 11.3 Å². The molecule has 0 unspecified atom stereocenters. The van der Waals surface area contributed by atoms with Gasteiger partial charge in [-0.3, -0.25) is 19.8 Å². The van der Waals surface area contributed by atoms with E-state index >= 15 is 0 Å². The Kier molecular flexibility index (Phi) is 6.00. The van der Waals surface area contributed by atoms with Crippen LogP contribution in [-0.2, 0) is 0 Å². The van der Waals surface area contributed by atoms with Crippen molar-refractivity contribution in [3.05, 3.63) is 83.6 Å². The summed E-state index contributed by atoms with van der Waals surface area (Å²) in [5.74, 6) is -2.10. The Morgan fingerprint density at radius 3 is 2.55 bits per heavy atom. The molecule has 3 aromatic rings. The Morgan fingerprint density at radius 1 is 1.14 bits per heavy atom. The van der Waals surface area contributed by atoms with Crippen LogP contribution in [0.15, 0.2) is 66.0 Å². The average molecular weight is 393 g/mol. The van der Waals surface area contributed by atoms with Gasteiger partial charge in [0.2, 0.25) is 0 Å². The highest BCUT2D eigenvalue weighted by Gasteiger charge is 2.19. The fourth-order valence-corrected chi connectivity index (χ4v) is 2.49. The van der Waals surface area contributed by atoms with Crippen LogP contribution in [0, 0.1) is 5.82 Å². The Bertz CT molecular complexity index is 1070. The van der Waals surface area contributed by atoms with Crippen molar-refractivity contribution in [2.75, 3.05) is 7.05 Å². The first kappa shape index (κ1) is 19.8. The number of hydrogen-bond donors (Lipinski definition) is 2. The van der Waals surface area contributed by atoms with E-state index < -0.39 is 17.6 Å². The molecule has 1 aromatic heterocycles. The van der Waals surface area contributed by atoms with Crippen molar-refractivity contribution in [1.29, 1.82) is 0 Å². The molecule has 3 rings (SSSR count). The van der Waals surface area contributed by atoms with Crippen molar-refractivity contribution in [1.82, 2.24) is 20.5 Å². The van der Waals surface area contributed by atoms with E-state index in [1.54, 1.807) is 0 Å². The minimum atomic E-state index is -0.837. The molecule has 0 radical (unpaired) electrons. The van der Waals surface area contributed by atoms with Gasteiger partial charge in [-0.1, -0.05) is 30.3 Å². The summed E-state index contributed by atoms with van der Waals surface area (Å²) in [6, 6.07) is 12.7. The molecule has 0 saturated heterocycles. The molecule has 0 bridgehead atoms. The molecule has 29 heavy (non-hydrogen) atoms. The third-order valence-electron chi connectivity index (χ3n) is 3.98. The van der Waals surface area contributed by atoms with Crippen molar-refractivity contribution in [3.8, 4) is 11.3 Å². The maximum absolute atomic E-state index is 14.1. The van der Waals surface area contributed by atoms with Gasteiger partial charge in [-0.05, 0) is 18.2 Å². The van der Waals surface area contributed by atoms with Gasteiger partial charge in [-0.2, -0.15) is 5.10 Å². The standard InChI is InChI=1S/C20H16FN5O3/c1-26(24-12-15-8-7-14(11-16(15)21)19(27)25-29)20(28)18-17(22-9-10-23-18)13-5-3-2-4-6-13/h2-12,29H,1H3,(H,25,27)/b24-12+. The van der Waals surface area contributed by atoms with E-state index in [-0.39, 0.29) is 16.8 Å². The molecule has 0 atom stereocenters. The van der Waals surface area contributed by atoms with Crippen LogP contribution in [0.5, 0.6) is 0 Å². The van der Waals surface area contributed by atoms with Crippen LogP contribution in [0.1, 0.15) is 26.4 Å². The van der Waals surface area contributed by atoms with E-state index in [1.807, 2.05) is 30.3 Å². The van der Waals surface area contributed by atoms with Crippen LogP contribution in [-0.4, -0.2) is 45.3 Å². The van der Waals surface area contributed by atoms with Gasteiger partial charge in [-0.15, -0.1) is 0 Å². The van der Waals surface area contributed by atoms with Crippen LogP contribution in [0.3, 0.4) is 0 Å². The summed E-state index contributed by atoms with van der Waals surface area (Å²) in [5.41, 5.74) is 2.67. The van der Waals surface area contributed by atoms with Crippen molar-refractivity contribution < 1.29 is 19.2 Å². The second kappa shape index (κ2) is 8.81. The highest BCUT2D eigenvalue weighted by Crippen LogP contribution is 2.20. The van der Waals surface area contributed by atoms with Gasteiger partial charge in [0.25, 0.3) is 11.8 Å². The molecule has 2 amide bonds. The second-order valence-electron chi connectivity index (χ2n) is 5.87. The van der Waals surface area contributed by atoms with Crippen molar-refractivity contribution in [2.24, 2.45) is 5.10 Å². The fraction of sp³-hybridized carbons (Fsp3) is 0.0500. The zero-order chi connectivity index (χ0) is 20.8. The van der Waals surface area contributed by atoms with Gasteiger partial charge < -0.3 is 0 Å². The first-order valence-corrected chi connectivity index (χ1v) is 8.43. The number of nitrogens with one attached hydrogen (secondary N) is 1. The predicted molar refractivity (Wildman–Crippen MR) is 103 cm³/mol. The fourth-order valence-electron chi connectivity index (χ4n) is 2.49. The summed E-state index contributed by atoms with van der Waals surface area (Å²) in [7, 11) is 1.41. The second-order valence-corrected chi connectivity index (χ2v) is 5.87. The topological polar surface area (TPSA) is 108 Å². The predicted octanol–water partition coefficient (Wildman–Crippen LogP) is 2.51. The summed E-state index contributed by atoms with van der Waals surface area (Å²) < 4.78 is 14.1. The third-order valence-corrected chi connectivity index (χ3v) is 3.98. The molecular weight excluding hydrogens is 377 g/mol. The minimum Gasteiger partial charge on any atom is -0.288 e. The van der Waals surface area contributed by atoms with Gasteiger partial charge in [0.15, 0.2) is 5.69 Å². The summed E-state index contributed by atoms with van der Waals surface area (Å²) in [4.78, 5) is 32.4. The lowest BCUT2D eigenvalue weighted by atomic mass is 10.1. The molecule has 146 valence electrons. The van der Waals surface area contributed by atoms with Crippen LogP contribution in [0.2, 0.25) is 0 Å². The lowest BCUT2D eigenvalue weighted by Gasteiger charge is -2.13. The molecule has 2 aromatic carbocycles. The number of carbonyl (C=O) groups is 2. The molecule has 0 aliphatic rings. The molecule has 1 heterocycles. The highest BCUT2D eigenvalue weighted by molar-refractivity contribution is 5.98. The van der Waals surface area contributed by atoms with Crippen LogP contribution in [0.4, 0.5) is 4.39 Å². The smallest absolute Gasteiger partial charge is 0.288 e. The van der Waals surface area contributed by atoms with Gasteiger partial charge in [-0.25, -0.2) is 19.9 Å². The highest BCUT2D eigenvalue weighted by atomic mass is 19.1. The summed E-state index contributed by atoms with van der Waals surface area (Å²) in [6.07, 6.45) is 4.04. The number of halogens is 1. The quantitative estimate of drug-likeness (QED) is 0.393.